The average molecular weight is 439 g/mol. The molecule has 0 aliphatic carbocycles. The van der Waals surface area contributed by atoms with Crippen molar-refractivity contribution in [3.63, 3.8) is 0 Å². The molecule has 0 bridgehead atoms. The summed E-state index contributed by atoms with van der Waals surface area (Å²) in [6.07, 6.45) is -2.88. The lowest BCUT2D eigenvalue weighted by molar-refractivity contribution is -0.140. The Morgan fingerprint density at radius 1 is 1.13 bits per heavy atom. The third-order valence-corrected chi connectivity index (χ3v) is 6.09. The maximum absolute atomic E-state index is 12.9. The molecule has 30 heavy (non-hydrogen) atoms. The first-order valence-electron chi connectivity index (χ1n) is 9.27. The first-order valence-corrected chi connectivity index (χ1v) is 10.1. The molecule has 0 saturated carbocycles. The maximum atomic E-state index is 12.9. The third-order valence-electron chi connectivity index (χ3n) is 5.08. The van der Waals surface area contributed by atoms with Crippen molar-refractivity contribution in [1.82, 2.24) is 15.0 Å². The van der Waals surface area contributed by atoms with E-state index < -0.39 is 11.9 Å². The molecule has 1 aromatic carbocycles. The fourth-order valence-electron chi connectivity index (χ4n) is 3.57. The first kappa shape index (κ1) is 20.5. The van der Waals surface area contributed by atoms with Gasteiger partial charge in [0.15, 0.2) is 17.2 Å². The number of anilines is 2. The number of hydrogen-bond donors (Lipinski definition) is 1. The van der Waals surface area contributed by atoms with Gasteiger partial charge in [-0.25, -0.2) is 9.97 Å². The van der Waals surface area contributed by atoms with E-state index in [1.165, 1.54) is 14.2 Å². The van der Waals surface area contributed by atoms with Crippen LogP contribution in [0.4, 0.5) is 24.9 Å². The Hall–Kier alpha value is -2.82. The fourth-order valence-corrected chi connectivity index (χ4v) is 4.53. The van der Waals surface area contributed by atoms with Crippen molar-refractivity contribution in [3.05, 3.63) is 28.2 Å². The van der Waals surface area contributed by atoms with Crippen LogP contribution in [0.15, 0.2) is 17.5 Å². The lowest BCUT2D eigenvalue weighted by atomic mass is 9.99. The van der Waals surface area contributed by atoms with Crippen LogP contribution in [0.3, 0.4) is 0 Å². The SMILES string of the molecule is COc1cc2nc(N3CCCC(c4nc(C(F)(F)F)cs4)C3)nc(N)c2cc1OC. The quantitative estimate of drug-likeness (QED) is 0.655. The molecule has 3 aromatic rings. The van der Waals surface area contributed by atoms with Crippen molar-refractivity contribution in [1.29, 1.82) is 0 Å². The van der Waals surface area contributed by atoms with Crippen molar-refractivity contribution in [2.75, 3.05) is 37.9 Å². The summed E-state index contributed by atoms with van der Waals surface area (Å²) in [7, 11) is 3.07. The second-order valence-corrected chi connectivity index (χ2v) is 7.88. The Balaban J connectivity index is 1.64. The number of hydrogen-bond acceptors (Lipinski definition) is 8. The largest absolute Gasteiger partial charge is 0.493 e. The number of alkyl halides is 3. The predicted molar refractivity (Wildman–Crippen MR) is 108 cm³/mol. The Morgan fingerprint density at radius 2 is 1.87 bits per heavy atom. The number of nitrogens with two attached hydrogens (primary N) is 1. The molecule has 160 valence electrons. The molecule has 0 radical (unpaired) electrons. The van der Waals surface area contributed by atoms with E-state index in [0.717, 1.165) is 29.6 Å². The number of aromatic nitrogens is 3. The summed E-state index contributed by atoms with van der Waals surface area (Å²) in [5, 5.41) is 2.19. The second-order valence-electron chi connectivity index (χ2n) is 6.99. The number of nitrogens with zero attached hydrogens (tertiary/aromatic N) is 4. The molecule has 0 amide bonds. The molecular formula is C19H20F3N5O2S. The van der Waals surface area contributed by atoms with Gasteiger partial charge in [-0.1, -0.05) is 0 Å². The van der Waals surface area contributed by atoms with E-state index >= 15 is 0 Å². The number of rotatable bonds is 4. The normalized spacial score (nSPS) is 17.4. The number of piperidine rings is 1. The minimum atomic E-state index is -4.43. The molecule has 1 aliphatic rings. The monoisotopic (exact) mass is 439 g/mol. The highest BCUT2D eigenvalue weighted by molar-refractivity contribution is 7.09. The zero-order valence-corrected chi connectivity index (χ0v) is 17.2. The lowest BCUT2D eigenvalue weighted by Crippen LogP contribution is -2.35. The van der Waals surface area contributed by atoms with Crippen LogP contribution in [0.5, 0.6) is 11.5 Å². The zero-order valence-electron chi connectivity index (χ0n) is 16.4. The highest BCUT2D eigenvalue weighted by Crippen LogP contribution is 2.37. The molecule has 1 saturated heterocycles. The number of fused-ring (bicyclic) bond motifs is 1. The summed E-state index contributed by atoms with van der Waals surface area (Å²) in [5.41, 5.74) is 5.93. The molecule has 2 aromatic heterocycles. The second kappa shape index (κ2) is 7.78. The van der Waals surface area contributed by atoms with Gasteiger partial charge < -0.3 is 20.1 Å². The smallest absolute Gasteiger partial charge is 0.434 e. The predicted octanol–water partition coefficient (Wildman–Crippen LogP) is 4.09. The molecule has 1 aliphatic heterocycles. The van der Waals surface area contributed by atoms with Crippen LogP contribution in [0.1, 0.15) is 29.5 Å². The van der Waals surface area contributed by atoms with Crippen LogP contribution in [0.2, 0.25) is 0 Å². The van der Waals surface area contributed by atoms with Crippen molar-refractivity contribution in [3.8, 4) is 11.5 Å². The van der Waals surface area contributed by atoms with Crippen molar-refractivity contribution < 1.29 is 22.6 Å². The minimum Gasteiger partial charge on any atom is -0.493 e. The van der Waals surface area contributed by atoms with Gasteiger partial charge in [0.2, 0.25) is 5.95 Å². The van der Waals surface area contributed by atoms with Crippen molar-refractivity contribution >= 4 is 34.0 Å². The fraction of sp³-hybridized carbons (Fsp3) is 0.421. The summed E-state index contributed by atoms with van der Waals surface area (Å²) in [4.78, 5) is 14.8. The Bertz CT molecular complexity index is 1070. The Kier molecular flexibility index (Phi) is 5.31. The van der Waals surface area contributed by atoms with E-state index in [9.17, 15) is 13.2 Å². The number of nitrogen functional groups attached to an aromatic ring is 1. The minimum absolute atomic E-state index is 0.120. The van der Waals surface area contributed by atoms with Gasteiger partial charge in [-0.15, -0.1) is 11.3 Å². The first-order chi connectivity index (χ1) is 14.3. The molecule has 1 unspecified atom stereocenters. The molecule has 1 atom stereocenters. The summed E-state index contributed by atoms with van der Waals surface area (Å²) >= 11 is 1.04. The van der Waals surface area contributed by atoms with Crippen LogP contribution in [0.25, 0.3) is 10.9 Å². The van der Waals surface area contributed by atoms with Crippen LogP contribution in [-0.2, 0) is 6.18 Å². The summed E-state index contributed by atoms with van der Waals surface area (Å²) in [6, 6.07) is 3.45. The average Bonchev–Trinajstić information content (AvgIpc) is 3.24. The van der Waals surface area contributed by atoms with Crippen LogP contribution >= 0.6 is 11.3 Å². The van der Waals surface area contributed by atoms with Gasteiger partial charge in [0.05, 0.1) is 24.7 Å². The van der Waals surface area contributed by atoms with Crippen LogP contribution < -0.4 is 20.1 Å². The molecule has 0 spiro atoms. The standard InChI is InChI=1S/C19H20F3N5O2S/c1-28-13-6-11-12(7-14(13)29-2)24-18(26-16(11)23)27-5-3-4-10(8-27)17-25-15(9-30-17)19(20,21)22/h6-7,9-10H,3-5,8H2,1-2H3,(H2,23,24,26). The third kappa shape index (κ3) is 3.81. The van der Waals surface area contributed by atoms with E-state index in [0.29, 0.717) is 52.3 Å². The molecule has 7 nitrogen and oxygen atoms in total. The van der Waals surface area contributed by atoms with E-state index in [1.54, 1.807) is 12.1 Å². The molecule has 11 heteroatoms. The van der Waals surface area contributed by atoms with E-state index in [-0.39, 0.29) is 5.92 Å². The van der Waals surface area contributed by atoms with E-state index in [4.69, 9.17) is 15.2 Å². The molecule has 2 N–H and O–H groups in total. The molecular weight excluding hydrogens is 419 g/mol. The van der Waals surface area contributed by atoms with Gasteiger partial charge in [-0.2, -0.15) is 18.2 Å². The number of halogens is 3. The van der Waals surface area contributed by atoms with Gasteiger partial charge in [0.25, 0.3) is 0 Å². The van der Waals surface area contributed by atoms with E-state index in [2.05, 4.69) is 15.0 Å². The van der Waals surface area contributed by atoms with E-state index in [1.807, 2.05) is 4.90 Å². The van der Waals surface area contributed by atoms with Gasteiger partial charge in [0.1, 0.15) is 5.82 Å². The van der Waals surface area contributed by atoms with Crippen molar-refractivity contribution in [2.45, 2.75) is 24.9 Å². The zero-order chi connectivity index (χ0) is 21.5. The summed E-state index contributed by atoms with van der Waals surface area (Å²) < 4.78 is 49.3. The number of thiazole rings is 1. The topological polar surface area (TPSA) is 86.4 Å². The summed E-state index contributed by atoms with van der Waals surface area (Å²) in [6.45, 7) is 1.16. The number of benzene rings is 1. The highest BCUT2D eigenvalue weighted by Gasteiger charge is 2.35. The van der Waals surface area contributed by atoms with Gasteiger partial charge in [-0.3, -0.25) is 0 Å². The van der Waals surface area contributed by atoms with Gasteiger partial charge in [-0.05, 0) is 18.9 Å². The molecule has 4 rings (SSSR count). The maximum Gasteiger partial charge on any atom is 0.434 e. The molecule has 1 fully saturated rings. The Labute approximate surface area is 174 Å². The Morgan fingerprint density at radius 3 is 2.53 bits per heavy atom. The highest BCUT2D eigenvalue weighted by atomic mass is 32.1. The number of ether oxygens (including phenoxy) is 2. The van der Waals surface area contributed by atoms with Gasteiger partial charge in [0, 0.05) is 35.8 Å². The lowest BCUT2D eigenvalue weighted by Gasteiger charge is -2.32. The van der Waals surface area contributed by atoms with Gasteiger partial charge >= 0.3 is 6.18 Å². The van der Waals surface area contributed by atoms with Crippen molar-refractivity contribution in [2.24, 2.45) is 0 Å². The van der Waals surface area contributed by atoms with Crippen LogP contribution in [-0.4, -0.2) is 42.3 Å². The summed E-state index contributed by atoms with van der Waals surface area (Å²) in [5.74, 6) is 1.66. The van der Waals surface area contributed by atoms with Crippen LogP contribution in [0, 0.1) is 0 Å². The number of methoxy groups -OCH3 is 2. The molecule has 3 heterocycles.